The Balaban J connectivity index is 1.22. The van der Waals surface area contributed by atoms with E-state index in [-0.39, 0.29) is 18.3 Å². The number of hydrogen-bond donors (Lipinski definition) is 3. The quantitative estimate of drug-likeness (QED) is 0.176. The van der Waals surface area contributed by atoms with E-state index in [4.69, 9.17) is 21.7 Å². The van der Waals surface area contributed by atoms with Crippen molar-refractivity contribution in [2.45, 2.75) is 0 Å². The molecule has 7 nitrogen and oxygen atoms in total. The third kappa shape index (κ3) is 6.52. The van der Waals surface area contributed by atoms with Crippen molar-refractivity contribution in [1.82, 2.24) is 16.2 Å². The van der Waals surface area contributed by atoms with Crippen LogP contribution >= 0.6 is 60.0 Å². The maximum Gasteiger partial charge on any atom is 0.276 e. The third-order valence-electron chi connectivity index (χ3n) is 4.99. The molecule has 0 saturated carbocycles. The molecule has 184 valence electrons. The number of thiocarbonyl (C=S) groups is 1. The molecule has 0 aromatic heterocycles. The molecular weight excluding hydrogens is 678 g/mol. The van der Waals surface area contributed by atoms with E-state index in [1.54, 1.807) is 12.1 Å². The first kappa shape index (κ1) is 26.3. The van der Waals surface area contributed by atoms with Gasteiger partial charge in [0.05, 0.1) is 8.95 Å². The minimum atomic E-state index is -0.485. The number of amides is 2. The summed E-state index contributed by atoms with van der Waals surface area (Å²) in [5, 5.41) is 6.36. The molecule has 0 aliphatic heterocycles. The van der Waals surface area contributed by atoms with Crippen molar-refractivity contribution in [3.05, 3.63) is 80.1 Å². The van der Waals surface area contributed by atoms with E-state index < -0.39 is 11.8 Å². The highest BCUT2D eigenvalue weighted by Crippen LogP contribution is 2.35. The fraction of sp³-hybridized carbons (Fsp3) is 0.0800. The van der Waals surface area contributed by atoms with Crippen LogP contribution in [0.2, 0.25) is 0 Å². The molecule has 0 saturated heterocycles. The van der Waals surface area contributed by atoms with Crippen LogP contribution in [0.25, 0.3) is 21.5 Å². The summed E-state index contributed by atoms with van der Waals surface area (Å²) in [4.78, 5) is 24.4. The summed E-state index contributed by atoms with van der Waals surface area (Å²) in [7, 11) is 0. The number of carbonyl (C=O) groups is 2. The van der Waals surface area contributed by atoms with Crippen molar-refractivity contribution in [2.24, 2.45) is 0 Å². The SMILES string of the molecule is O=C(COc1ccc2ccccc2c1Br)NNC(=S)NC(=O)COc1ccc2cc(Br)ccc2c1Br. The summed E-state index contributed by atoms with van der Waals surface area (Å²) in [6.07, 6.45) is 0. The maximum absolute atomic E-state index is 12.2. The summed E-state index contributed by atoms with van der Waals surface area (Å²) in [5.74, 6) is 0.0871. The highest BCUT2D eigenvalue weighted by atomic mass is 79.9. The standard InChI is InChI=1S/C25H18Br3N3O4S/c26-16-7-8-18-15(11-16)6-10-20(24(18)28)34-12-21(32)29-25(36)31-30-22(33)13-35-19-9-5-14-3-1-2-4-17(14)23(19)27/h1-11H,12-13H2,(H,30,33)(H2,29,31,32,36). The molecule has 11 heteroatoms. The normalized spacial score (nSPS) is 10.6. The Labute approximate surface area is 237 Å². The van der Waals surface area contributed by atoms with E-state index in [9.17, 15) is 9.59 Å². The van der Waals surface area contributed by atoms with Gasteiger partial charge in [0, 0.05) is 4.47 Å². The molecule has 0 unspecified atom stereocenters. The first-order valence-electron chi connectivity index (χ1n) is 10.5. The summed E-state index contributed by atoms with van der Waals surface area (Å²) < 4.78 is 13.7. The first-order chi connectivity index (χ1) is 17.3. The fourth-order valence-electron chi connectivity index (χ4n) is 3.32. The van der Waals surface area contributed by atoms with Crippen LogP contribution in [0.5, 0.6) is 11.5 Å². The van der Waals surface area contributed by atoms with E-state index in [1.807, 2.05) is 54.6 Å². The van der Waals surface area contributed by atoms with Crippen molar-refractivity contribution in [2.75, 3.05) is 13.2 Å². The van der Waals surface area contributed by atoms with Crippen LogP contribution in [-0.2, 0) is 9.59 Å². The zero-order valence-corrected chi connectivity index (χ0v) is 24.0. The van der Waals surface area contributed by atoms with Crippen molar-refractivity contribution in [1.29, 1.82) is 0 Å². The summed E-state index contributed by atoms with van der Waals surface area (Å²) in [5.41, 5.74) is 4.86. The van der Waals surface area contributed by atoms with Crippen LogP contribution in [0.3, 0.4) is 0 Å². The first-order valence-corrected chi connectivity index (χ1v) is 13.3. The highest BCUT2D eigenvalue weighted by Gasteiger charge is 2.12. The second kappa shape index (κ2) is 12.0. The number of carbonyl (C=O) groups excluding carboxylic acids is 2. The van der Waals surface area contributed by atoms with Crippen LogP contribution in [0, 0.1) is 0 Å². The van der Waals surface area contributed by atoms with Gasteiger partial charge in [-0.1, -0.05) is 58.4 Å². The maximum atomic E-state index is 12.2. The Morgan fingerprint density at radius 2 is 1.33 bits per heavy atom. The van der Waals surface area contributed by atoms with E-state index in [1.165, 1.54) is 0 Å². The summed E-state index contributed by atoms with van der Waals surface area (Å²) in [6.45, 7) is -0.522. The highest BCUT2D eigenvalue weighted by molar-refractivity contribution is 9.11. The van der Waals surface area contributed by atoms with Gasteiger partial charge in [-0.2, -0.15) is 0 Å². The summed E-state index contributed by atoms with van der Waals surface area (Å²) >= 11 is 15.5. The molecule has 4 rings (SSSR count). The molecule has 36 heavy (non-hydrogen) atoms. The van der Waals surface area contributed by atoms with Gasteiger partial charge in [-0.05, 0) is 89.9 Å². The van der Waals surface area contributed by atoms with Gasteiger partial charge in [-0.15, -0.1) is 0 Å². The summed E-state index contributed by atoms with van der Waals surface area (Å²) in [6, 6.07) is 21.0. The molecule has 3 N–H and O–H groups in total. The lowest BCUT2D eigenvalue weighted by Crippen LogP contribution is -2.50. The number of halogens is 3. The Kier molecular flexibility index (Phi) is 8.78. The number of nitrogens with one attached hydrogen (secondary N) is 3. The molecule has 0 bridgehead atoms. The van der Waals surface area contributed by atoms with E-state index >= 15 is 0 Å². The van der Waals surface area contributed by atoms with Crippen LogP contribution < -0.4 is 25.6 Å². The molecule has 0 spiro atoms. The minimum Gasteiger partial charge on any atom is -0.483 e. The number of rotatable bonds is 6. The Morgan fingerprint density at radius 1 is 0.722 bits per heavy atom. The van der Waals surface area contributed by atoms with Gasteiger partial charge in [0.1, 0.15) is 11.5 Å². The Hall–Kier alpha value is -2.73. The van der Waals surface area contributed by atoms with Gasteiger partial charge in [0.2, 0.25) is 0 Å². The predicted molar refractivity (Wildman–Crippen MR) is 154 cm³/mol. The molecule has 0 radical (unpaired) electrons. The van der Waals surface area contributed by atoms with Crippen LogP contribution in [0.15, 0.2) is 80.1 Å². The molecule has 0 aliphatic rings. The van der Waals surface area contributed by atoms with Crippen LogP contribution in [-0.4, -0.2) is 30.1 Å². The molecular formula is C25H18Br3N3O4S. The van der Waals surface area contributed by atoms with Crippen molar-refractivity contribution >= 4 is 98.5 Å². The van der Waals surface area contributed by atoms with E-state index in [0.717, 1.165) is 35.0 Å². The van der Waals surface area contributed by atoms with Gasteiger partial charge in [0.15, 0.2) is 18.3 Å². The molecule has 0 fully saturated rings. The molecule has 0 heterocycles. The van der Waals surface area contributed by atoms with Crippen molar-refractivity contribution in [3.8, 4) is 11.5 Å². The lowest BCUT2D eigenvalue weighted by molar-refractivity contribution is -0.124. The average molecular weight is 696 g/mol. The second-order valence-corrected chi connectivity index (χ2v) is 10.4. The third-order valence-corrected chi connectivity index (χ3v) is 7.33. The zero-order chi connectivity index (χ0) is 25.7. The number of benzene rings is 4. The second-order valence-electron chi connectivity index (χ2n) is 7.47. The van der Waals surface area contributed by atoms with Gasteiger partial charge < -0.3 is 9.47 Å². The van der Waals surface area contributed by atoms with Gasteiger partial charge >= 0.3 is 0 Å². The largest absolute Gasteiger partial charge is 0.483 e. The topological polar surface area (TPSA) is 88.7 Å². The smallest absolute Gasteiger partial charge is 0.276 e. The van der Waals surface area contributed by atoms with Crippen LogP contribution in [0.4, 0.5) is 0 Å². The number of hydrazine groups is 1. The average Bonchev–Trinajstić information content (AvgIpc) is 2.87. The number of hydrogen-bond acceptors (Lipinski definition) is 5. The fourth-order valence-corrected chi connectivity index (χ4v) is 5.08. The zero-order valence-electron chi connectivity index (χ0n) is 18.4. The molecule has 4 aromatic rings. The van der Waals surface area contributed by atoms with E-state index in [2.05, 4.69) is 64.0 Å². The van der Waals surface area contributed by atoms with Gasteiger partial charge in [-0.3, -0.25) is 25.8 Å². The minimum absolute atomic E-state index is 0.0775. The molecule has 0 atom stereocenters. The lowest BCUT2D eigenvalue weighted by atomic mass is 10.1. The lowest BCUT2D eigenvalue weighted by Gasteiger charge is -2.13. The van der Waals surface area contributed by atoms with Crippen molar-refractivity contribution in [3.63, 3.8) is 0 Å². The Bertz CT molecular complexity index is 1480. The van der Waals surface area contributed by atoms with Crippen molar-refractivity contribution < 1.29 is 19.1 Å². The van der Waals surface area contributed by atoms with Gasteiger partial charge in [0.25, 0.3) is 11.8 Å². The molecule has 4 aromatic carbocycles. The van der Waals surface area contributed by atoms with Crippen LogP contribution in [0.1, 0.15) is 0 Å². The number of fused-ring (bicyclic) bond motifs is 2. The molecule has 2 amide bonds. The monoisotopic (exact) mass is 693 g/mol. The van der Waals surface area contributed by atoms with E-state index in [0.29, 0.717) is 11.5 Å². The van der Waals surface area contributed by atoms with Gasteiger partial charge in [-0.25, -0.2) is 0 Å². The number of ether oxygens (including phenoxy) is 2. The Morgan fingerprint density at radius 3 is 2.06 bits per heavy atom. The predicted octanol–water partition coefficient (Wildman–Crippen LogP) is 5.76. The molecule has 0 aliphatic carbocycles.